The van der Waals surface area contributed by atoms with E-state index in [0.29, 0.717) is 37.0 Å². The number of hydrogen-bond donors (Lipinski definition) is 1. The van der Waals surface area contributed by atoms with E-state index in [1.807, 2.05) is 91.0 Å². The maximum Gasteiger partial charge on any atom is 0.377 e. The van der Waals surface area contributed by atoms with Crippen molar-refractivity contribution in [3.63, 3.8) is 0 Å². The summed E-state index contributed by atoms with van der Waals surface area (Å²) in [6.45, 7) is 1.39. The third kappa shape index (κ3) is 7.81. The molecule has 4 atom stereocenters. The predicted molar refractivity (Wildman–Crippen MR) is 182 cm³/mol. The van der Waals surface area contributed by atoms with Gasteiger partial charge in [0.1, 0.15) is 24.4 Å². The fourth-order valence-electron chi connectivity index (χ4n) is 6.51. The summed E-state index contributed by atoms with van der Waals surface area (Å²) in [6.07, 6.45) is 3.80. The number of ether oxygens (including phenoxy) is 5. The summed E-state index contributed by atoms with van der Waals surface area (Å²) in [5, 5.41) is 8.11. The van der Waals surface area contributed by atoms with Crippen LogP contribution < -0.4 is 5.32 Å². The van der Waals surface area contributed by atoms with E-state index in [4.69, 9.17) is 28.7 Å². The van der Waals surface area contributed by atoms with Crippen molar-refractivity contribution >= 4 is 17.4 Å². The molecule has 0 radical (unpaired) electrons. The van der Waals surface area contributed by atoms with Gasteiger partial charge in [0, 0.05) is 6.04 Å². The average Bonchev–Trinajstić information content (AvgIpc) is 3.90. The number of imidazole rings is 1. The Morgan fingerprint density at radius 1 is 0.837 bits per heavy atom. The number of carbonyl (C=O) groups excluding carboxylic acids is 1. The van der Waals surface area contributed by atoms with E-state index in [0.717, 1.165) is 42.4 Å². The molecule has 3 aromatic carbocycles. The maximum absolute atomic E-state index is 12.8. The second-order valence-corrected chi connectivity index (χ2v) is 12.4. The minimum atomic E-state index is -0.662. The third-order valence-corrected chi connectivity index (χ3v) is 9.02. The Morgan fingerprint density at radius 3 is 2.04 bits per heavy atom. The number of methoxy groups -OCH3 is 1. The summed E-state index contributed by atoms with van der Waals surface area (Å²) in [5.74, 6) is -0.237. The van der Waals surface area contributed by atoms with Crippen LogP contribution in [0.1, 0.15) is 64.8 Å². The Hall–Kier alpha value is -4.68. The second kappa shape index (κ2) is 15.7. The van der Waals surface area contributed by atoms with Crippen molar-refractivity contribution in [1.29, 1.82) is 0 Å². The molecule has 1 N–H and O–H groups in total. The van der Waals surface area contributed by atoms with Crippen LogP contribution >= 0.6 is 0 Å². The summed E-state index contributed by atoms with van der Waals surface area (Å²) >= 11 is 0. The third-order valence-electron chi connectivity index (χ3n) is 9.02. The van der Waals surface area contributed by atoms with Crippen LogP contribution in [0.25, 0.3) is 5.65 Å². The summed E-state index contributed by atoms with van der Waals surface area (Å²) in [5.41, 5.74) is 4.21. The number of rotatable bonds is 14. The van der Waals surface area contributed by atoms with E-state index in [2.05, 4.69) is 15.4 Å². The van der Waals surface area contributed by atoms with Gasteiger partial charge in [-0.2, -0.15) is 4.98 Å². The van der Waals surface area contributed by atoms with Gasteiger partial charge in [0.05, 0.1) is 45.4 Å². The van der Waals surface area contributed by atoms with Crippen molar-refractivity contribution in [2.45, 2.75) is 76.0 Å². The first-order chi connectivity index (χ1) is 24.2. The average molecular weight is 664 g/mol. The molecule has 1 aliphatic carbocycles. The molecule has 1 saturated heterocycles. The van der Waals surface area contributed by atoms with E-state index in [1.54, 1.807) is 10.7 Å². The lowest BCUT2D eigenvalue weighted by Crippen LogP contribution is -2.38. The number of esters is 1. The summed E-state index contributed by atoms with van der Waals surface area (Å²) in [6, 6.07) is 30.3. The van der Waals surface area contributed by atoms with E-state index >= 15 is 0 Å². The number of aromatic nitrogens is 4. The lowest BCUT2D eigenvalue weighted by molar-refractivity contribution is -0.0898. The SMILES string of the molecule is COC(=O)c1nc(NC2CCCC2)c2ncc([C@@H]3O[C@H](COCc4ccccc4)[C@@H](OCc4ccccc4)[C@H]3OCc3ccccc3)n2n1. The predicted octanol–water partition coefficient (Wildman–Crippen LogP) is 6.09. The van der Waals surface area contributed by atoms with Crippen LogP contribution in [-0.4, -0.2) is 63.6 Å². The van der Waals surface area contributed by atoms with E-state index in [1.165, 1.54) is 7.11 Å². The number of nitrogens with one attached hydrogen (secondary N) is 1. The van der Waals surface area contributed by atoms with Gasteiger partial charge in [-0.25, -0.2) is 14.3 Å². The first-order valence-corrected chi connectivity index (χ1v) is 16.8. The van der Waals surface area contributed by atoms with E-state index < -0.39 is 30.4 Å². The van der Waals surface area contributed by atoms with Gasteiger partial charge in [-0.1, -0.05) is 104 Å². The summed E-state index contributed by atoms with van der Waals surface area (Å²) < 4.78 is 33.1. The largest absolute Gasteiger partial charge is 0.463 e. The molecule has 0 spiro atoms. The molecule has 49 heavy (non-hydrogen) atoms. The molecule has 0 amide bonds. The normalized spacial score (nSPS) is 20.9. The highest BCUT2D eigenvalue weighted by atomic mass is 16.6. The lowest BCUT2D eigenvalue weighted by atomic mass is 10.0. The summed E-state index contributed by atoms with van der Waals surface area (Å²) in [4.78, 5) is 22.1. The van der Waals surface area contributed by atoms with Crippen LogP contribution in [0.4, 0.5) is 5.82 Å². The van der Waals surface area contributed by atoms with E-state index in [-0.39, 0.29) is 18.5 Å². The molecule has 7 rings (SSSR count). The zero-order valence-corrected chi connectivity index (χ0v) is 27.5. The van der Waals surface area contributed by atoms with Gasteiger partial charge in [-0.3, -0.25) is 0 Å². The van der Waals surface area contributed by atoms with Crippen molar-refractivity contribution in [3.8, 4) is 0 Å². The highest BCUT2D eigenvalue weighted by molar-refractivity contribution is 5.86. The fourth-order valence-corrected chi connectivity index (χ4v) is 6.51. The fraction of sp³-hybridized carbons (Fsp3) is 0.368. The number of anilines is 1. The Bertz CT molecular complexity index is 1800. The van der Waals surface area contributed by atoms with Gasteiger partial charge in [0.15, 0.2) is 11.5 Å². The second-order valence-electron chi connectivity index (χ2n) is 12.4. The van der Waals surface area contributed by atoms with Crippen LogP contribution in [0.15, 0.2) is 97.2 Å². The highest BCUT2D eigenvalue weighted by Gasteiger charge is 2.48. The number of nitrogens with zero attached hydrogens (tertiary/aromatic N) is 4. The van der Waals surface area contributed by atoms with Crippen LogP contribution in [0.5, 0.6) is 0 Å². The van der Waals surface area contributed by atoms with Crippen molar-refractivity contribution in [2.24, 2.45) is 0 Å². The van der Waals surface area contributed by atoms with Crippen molar-refractivity contribution in [2.75, 3.05) is 19.0 Å². The Labute approximate surface area is 285 Å². The molecule has 11 heteroatoms. The first kappa shape index (κ1) is 32.8. The monoisotopic (exact) mass is 663 g/mol. The van der Waals surface area contributed by atoms with E-state index in [9.17, 15) is 4.79 Å². The molecule has 3 heterocycles. The molecule has 0 unspecified atom stereocenters. The molecule has 0 bridgehead atoms. The smallest absolute Gasteiger partial charge is 0.377 e. The number of carbonyl (C=O) groups is 1. The molecular weight excluding hydrogens is 622 g/mol. The van der Waals surface area contributed by atoms with Gasteiger partial charge in [0.25, 0.3) is 5.82 Å². The standard InChI is InChI=1S/C38H41N5O6/c1-45-38(44)36-41-35(40-29-19-11-12-20-29)37-39-21-30(43(37)42-36)32-34(48-24-28-17-9-4-10-18-28)33(47-23-27-15-7-3-8-16-27)31(49-32)25-46-22-26-13-5-2-6-14-26/h2-10,13-18,21,29,31-34H,11-12,19-20,22-25H2,1H3,(H,40,41,42)/t31-,32+,33-,34+/m1/s1. The Balaban J connectivity index is 1.24. The molecule has 2 fully saturated rings. The van der Waals surface area contributed by atoms with Crippen LogP contribution in [0, 0.1) is 0 Å². The minimum absolute atomic E-state index is 0.0749. The molecule has 11 nitrogen and oxygen atoms in total. The van der Waals surface area contributed by atoms with Crippen molar-refractivity contribution in [3.05, 3.63) is 125 Å². The summed E-state index contributed by atoms with van der Waals surface area (Å²) in [7, 11) is 1.32. The van der Waals surface area contributed by atoms with Gasteiger partial charge in [-0.05, 0) is 29.5 Å². The molecule has 254 valence electrons. The highest BCUT2D eigenvalue weighted by Crippen LogP contribution is 2.39. The van der Waals surface area contributed by atoms with Crippen molar-refractivity contribution < 1.29 is 28.5 Å². The van der Waals surface area contributed by atoms with Crippen molar-refractivity contribution in [1.82, 2.24) is 19.6 Å². The topological polar surface area (TPSA) is 118 Å². The molecule has 2 aliphatic rings. The number of hydrogen-bond acceptors (Lipinski definition) is 10. The number of fused-ring (bicyclic) bond motifs is 1. The molecule has 5 aromatic rings. The Morgan fingerprint density at radius 2 is 1.43 bits per heavy atom. The minimum Gasteiger partial charge on any atom is -0.463 e. The number of benzene rings is 3. The Kier molecular flexibility index (Phi) is 10.5. The molecule has 1 saturated carbocycles. The van der Waals surface area contributed by atoms with Gasteiger partial charge < -0.3 is 29.0 Å². The molecule has 2 aromatic heterocycles. The van der Waals surface area contributed by atoms with Crippen LogP contribution in [-0.2, 0) is 43.5 Å². The van der Waals surface area contributed by atoms with Gasteiger partial charge in [0.2, 0.25) is 0 Å². The first-order valence-electron chi connectivity index (χ1n) is 16.8. The molecule has 1 aliphatic heterocycles. The molecular formula is C38H41N5O6. The zero-order chi connectivity index (χ0) is 33.4. The van der Waals surface area contributed by atoms with Gasteiger partial charge in [-0.15, -0.1) is 5.10 Å². The van der Waals surface area contributed by atoms with Crippen LogP contribution in [0.3, 0.4) is 0 Å². The maximum atomic E-state index is 12.8. The quantitative estimate of drug-likeness (QED) is 0.140. The van der Waals surface area contributed by atoms with Crippen LogP contribution in [0.2, 0.25) is 0 Å². The van der Waals surface area contributed by atoms with Gasteiger partial charge >= 0.3 is 5.97 Å². The lowest BCUT2D eigenvalue weighted by Gasteiger charge is -2.25. The zero-order valence-electron chi connectivity index (χ0n) is 27.5.